The van der Waals surface area contributed by atoms with Crippen LogP contribution in [0.1, 0.15) is 44.9 Å². The summed E-state index contributed by atoms with van der Waals surface area (Å²) in [6, 6.07) is 3.69. The van der Waals surface area contributed by atoms with Crippen LogP contribution in [0.2, 0.25) is 0 Å². The molecule has 1 aromatic heterocycles. The molecule has 2 N–H and O–H groups in total. The summed E-state index contributed by atoms with van der Waals surface area (Å²) in [5.74, 6) is 0.474. The number of aliphatic imine (C=N–C) groups is 1. The highest BCUT2D eigenvalue weighted by Crippen LogP contribution is 2.26. The molecule has 0 unspecified atom stereocenters. The monoisotopic (exact) mass is 491 g/mol. The van der Waals surface area contributed by atoms with Crippen molar-refractivity contribution in [3.05, 3.63) is 24.5 Å². The van der Waals surface area contributed by atoms with Crippen LogP contribution >= 0.6 is 0 Å². The molecule has 10 nitrogen and oxygen atoms in total. The van der Waals surface area contributed by atoms with Gasteiger partial charge in [0.15, 0.2) is 6.19 Å². The Balaban J connectivity index is 1.47. The lowest BCUT2D eigenvalue weighted by Gasteiger charge is -2.30. The topological polar surface area (TPSA) is 123 Å². The first-order valence-corrected chi connectivity index (χ1v) is 13.9. The van der Waals surface area contributed by atoms with E-state index in [0.29, 0.717) is 31.9 Å². The van der Waals surface area contributed by atoms with Crippen LogP contribution in [0.3, 0.4) is 0 Å². The van der Waals surface area contributed by atoms with Crippen LogP contribution < -0.4 is 10.6 Å². The van der Waals surface area contributed by atoms with E-state index in [4.69, 9.17) is 10.00 Å². The Bertz CT molecular complexity index is 893. The molecule has 0 spiro atoms. The summed E-state index contributed by atoms with van der Waals surface area (Å²) in [6.45, 7) is 5.31. The molecule has 2 heterocycles. The average molecular weight is 492 g/mol. The number of nitriles is 1. The van der Waals surface area contributed by atoms with Gasteiger partial charge in [0, 0.05) is 50.3 Å². The van der Waals surface area contributed by atoms with E-state index in [1.165, 1.54) is 0 Å². The Morgan fingerprint density at radius 3 is 2.65 bits per heavy atom. The van der Waals surface area contributed by atoms with Crippen LogP contribution in [0, 0.1) is 11.5 Å². The van der Waals surface area contributed by atoms with Gasteiger partial charge in [-0.1, -0.05) is 12.8 Å². The van der Waals surface area contributed by atoms with Crippen molar-refractivity contribution in [3.63, 3.8) is 0 Å². The van der Waals surface area contributed by atoms with Crippen molar-refractivity contribution in [1.82, 2.24) is 19.5 Å². The van der Waals surface area contributed by atoms with E-state index in [0.717, 1.165) is 70.6 Å². The number of anilines is 1. The number of nitrogens with one attached hydrogen (secondary N) is 2. The smallest absolute Gasteiger partial charge is 0.214 e. The van der Waals surface area contributed by atoms with Crippen molar-refractivity contribution in [2.45, 2.75) is 51.0 Å². The molecule has 1 saturated carbocycles. The van der Waals surface area contributed by atoms with E-state index in [1.54, 1.807) is 28.8 Å². The van der Waals surface area contributed by atoms with Gasteiger partial charge in [-0.2, -0.15) is 9.57 Å². The third kappa shape index (κ3) is 8.83. The number of aromatic nitrogens is 1. The van der Waals surface area contributed by atoms with Crippen LogP contribution in [0.4, 0.5) is 5.69 Å². The number of nitrogens with zero attached hydrogens (tertiary/aromatic N) is 5. The van der Waals surface area contributed by atoms with Gasteiger partial charge in [0.2, 0.25) is 16.0 Å². The molecule has 0 bridgehead atoms. The summed E-state index contributed by atoms with van der Waals surface area (Å²) in [5.41, 5.74) is 0.767. The molecule has 0 atom stereocenters. The van der Waals surface area contributed by atoms with Crippen molar-refractivity contribution in [2.24, 2.45) is 4.99 Å². The van der Waals surface area contributed by atoms with Crippen molar-refractivity contribution >= 4 is 21.7 Å². The SMILES string of the molecule is N#CNC(=NCCCCS(=O)(=O)N(CCCN1CCOCC1)C1CCCC1)Nc1ccncc1. The summed E-state index contributed by atoms with van der Waals surface area (Å²) >= 11 is 0. The van der Waals surface area contributed by atoms with Crippen molar-refractivity contribution in [3.8, 4) is 6.19 Å². The molecule has 3 rings (SSSR count). The number of hydrogen-bond acceptors (Lipinski definition) is 7. The van der Waals surface area contributed by atoms with Crippen LogP contribution in [0.15, 0.2) is 29.5 Å². The first-order chi connectivity index (χ1) is 16.6. The minimum Gasteiger partial charge on any atom is -0.379 e. The highest BCUT2D eigenvalue weighted by molar-refractivity contribution is 7.89. The second-order valence-corrected chi connectivity index (χ2v) is 10.7. The number of pyridine rings is 1. The van der Waals surface area contributed by atoms with E-state index in [2.05, 4.69) is 25.5 Å². The molecule has 34 heavy (non-hydrogen) atoms. The zero-order valence-corrected chi connectivity index (χ0v) is 20.7. The molecular formula is C23H37N7O3S. The molecule has 0 radical (unpaired) electrons. The molecule has 188 valence electrons. The lowest BCUT2D eigenvalue weighted by atomic mass is 10.2. The molecule has 2 aliphatic rings. The predicted molar refractivity (Wildman–Crippen MR) is 133 cm³/mol. The van der Waals surface area contributed by atoms with Gasteiger partial charge in [-0.25, -0.2) is 8.42 Å². The Morgan fingerprint density at radius 1 is 1.21 bits per heavy atom. The number of hydrogen-bond donors (Lipinski definition) is 2. The first-order valence-electron chi connectivity index (χ1n) is 12.2. The third-order valence-electron chi connectivity index (χ3n) is 6.24. The van der Waals surface area contributed by atoms with Crippen molar-refractivity contribution < 1.29 is 13.2 Å². The van der Waals surface area contributed by atoms with Gasteiger partial charge in [0.1, 0.15) is 0 Å². The fourth-order valence-electron chi connectivity index (χ4n) is 4.46. The largest absolute Gasteiger partial charge is 0.379 e. The van der Waals surface area contributed by atoms with Gasteiger partial charge in [-0.05, 0) is 50.8 Å². The first kappa shape index (κ1) is 26.3. The van der Waals surface area contributed by atoms with Gasteiger partial charge >= 0.3 is 0 Å². The highest BCUT2D eigenvalue weighted by atomic mass is 32.2. The Kier molecular flexibility index (Phi) is 11.0. The van der Waals surface area contributed by atoms with Crippen LogP contribution in [0.5, 0.6) is 0 Å². The number of unbranched alkanes of at least 4 members (excludes halogenated alkanes) is 1. The van der Waals surface area contributed by atoms with E-state index in [1.807, 2.05) is 6.19 Å². The quantitative estimate of drug-likeness (QED) is 0.150. The highest BCUT2D eigenvalue weighted by Gasteiger charge is 2.31. The van der Waals surface area contributed by atoms with Crippen molar-refractivity contribution in [1.29, 1.82) is 5.26 Å². The molecule has 11 heteroatoms. The maximum atomic E-state index is 13.2. The van der Waals surface area contributed by atoms with Crippen LogP contribution in [-0.4, -0.2) is 86.3 Å². The van der Waals surface area contributed by atoms with E-state index in [-0.39, 0.29) is 11.8 Å². The van der Waals surface area contributed by atoms with E-state index >= 15 is 0 Å². The number of rotatable bonds is 12. The van der Waals surface area contributed by atoms with E-state index < -0.39 is 10.0 Å². The Hall–Kier alpha value is -2.26. The molecule has 2 fully saturated rings. The maximum Gasteiger partial charge on any atom is 0.214 e. The maximum absolute atomic E-state index is 13.2. The molecular weight excluding hydrogens is 454 g/mol. The third-order valence-corrected chi connectivity index (χ3v) is 8.24. The Labute approximate surface area is 203 Å². The summed E-state index contributed by atoms with van der Waals surface area (Å²) in [6.07, 6.45) is 11.3. The molecule has 1 aliphatic carbocycles. The predicted octanol–water partition coefficient (Wildman–Crippen LogP) is 2.00. The average Bonchev–Trinajstić information content (AvgIpc) is 3.37. The number of sulfonamides is 1. The van der Waals surface area contributed by atoms with Crippen molar-refractivity contribution in [2.75, 3.05) is 57.0 Å². The van der Waals surface area contributed by atoms with Gasteiger partial charge in [-0.15, -0.1) is 0 Å². The summed E-state index contributed by atoms with van der Waals surface area (Å²) in [5, 5.41) is 14.5. The van der Waals surface area contributed by atoms with Crippen LogP contribution in [0.25, 0.3) is 0 Å². The van der Waals surface area contributed by atoms with Gasteiger partial charge in [0.25, 0.3) is 0 Å². The van der Waals surface area contributed by atoms with Gasteiger partial charge in [0.05, 0.1) is 19.0 Å². The molecule has 1 aromatic rings. The molecule has 1 aliphatic heterocycles. The Morgan fingerprint density at radius 2 is 1.94 bits per heavy atom. The number of guanidine groups is 1. The number of morpholine rings is 1. The lowest BCUT2D eigenvalue weighted by molar-refractivity contribution is 0.0366. The standard InChI is InChI=1S/C23H37N7O3S/c24-20-27-23(28-21-8-11-25-12-9-21)26-10-3-4-19-34(31,32)30(22-6-1-2-7-22)14-5-13-29-15-17-33-18-16-29/h8-9,11-12,22H,1-7,10,13-19H2,(H2,25,26,27,28). The zero-order chi connectivity index (χ0) is 24.1. The van der Waals surface area contributed by atoms with Gasteiger partial charge in [-0.3, -0.25) is 20.2 Å². The molecule has 0 aromatic carbocycles. The fraction of sp³-hybridized carbons (Fsp3) is 0.696. The second-order valence-electron chi connectivity index (χ2n) is 8.71. The summed E-state index contributed by atoms with van der Waals surface area (Å²) in [4.78, 5) is 10.7. The minimum absolute atomic E-state index is 0.134. The molecule has 0 amide bonds. The molecule has 1 saturated heterocycles. The van der Waals surface area contributed by atoms with Crippen LogP contribution in [-0.2, 0) is 14.8 Å². The van der Waals surface area contributed by atoms with E-state index in [9.17, 15) is 8.42 Å². The fourth-order valence-corrected chi connectivity index (χ4v) is 6.33. The summed E-state index contributed by atoms with van der Waals surface area (Å²) < 4.78 is 33.6. The second kappa shape index (κ2) is 14.2. The van der Waals surface area contributed by atoms with Gasteiger partial charge < -0.3 is 10.1 Å². The zero-order valence-electron chi connectivity index (χ0n) is 19.9. The lowest BCUT2D eigenvalue weighted by Crippen LogP contribution is -2.43. The minimum atomic E-state index is -3.32. The summed E-state index contributed by atoms with van der Waals surface area (Å²) in [7, 11) is -3.32. The number of ether oxygens (including phenoxy) is 1. The normalized spacial score (nSPS) is 18.2.